The zero-order chi connectivity index (χ0) is 12.7. The highest BCUT2D eigenvalue weighted by atomic mass is 16.5. The van der Waals surface area contributed by atoms with Crippen LogP contribution in [0.25, 0.3) is 0 Å². The number of carbonyl (C=O) groups is 2. The molecule has 1 N–H and O–H groups in total. The molecule has 5 nitrogen and oxygen atoms in total. The second-order valence-electron chi connectivity index (χ2n) is 5.05. The van der Waals surface area contributed by atoms with Crippen molar-refractivity contribution < 1.29 is 24.2 Å². The van der Waals surface area contributed by atoms with E-state index in [9.17, 15) is 14.7 Å². The Morgan fingerprint density at radius 1 is 1.00 bits per heavy atom. The van der Waals surface area contributed by atoms with Crippen molar-refractivity contribution in [1.29, 1.82) is 0 Å². The maximum Gasteiger partial charge on any atom is 0.314 e. The fraction of sp³-hybridized carbons (Fsp3) is 0.833. The monoisotopic (exact) mass is 242 g/mol. The number of aliphatic hydroxyl groups excluding tert-OH is 1. The summed E-state index contributed by atoms with van der Waals surface area (Å²) in [5.41, 5.74) is -1.80. The molecule has 2 rings (SSSR count). The van der Waals surface area contributed by atoms with Crippen LogP contribution in [0.5, 0.6) is 0 Å². The zero-order valence-electron chi connectivity index (χ0n) is 10.2. The van der Waals surface area contributed by atoms with Crippen molar-refractivity contribution >= 4 is 11.9 Å². The Bertz CT molecular complexity index is 321. The minimum atomic E-state index is -0.983. The topological polar surface area (TPSA) is 72.8 Å². The van der Waals surface area contributed by atoms with E-state index in [2.05, 4.69) is 0 Å². The summed E-state index contributed by atoms with van der Waals surface area (Å²) >= 11 is 0. The highest BCUT2D eigenvalue weighted by Crippen LogP contribution is 2.59. The summed E-state index contributed by atoms with van der Waals surface area (Å²) in [6, 6.07) is 0. The number of carbonyl (C=O) groups excluding carboxylic acids is 2. The van der Waals surface area contributed by atoms with Crippen LogP contribution >= 0.6 is 0 Å². The Labute approximate surface area is 100 Å². The molecular formula is C12H18O5. The lowest BCUT2D eigenvalue weighted by Crippen LogP contribution is -2.52. The molecule has 0 aliphatic heterocycles. The van der Waals surface area contributed by atoms with Crippen molar-refractivity contribution in [2.24, 2.45) is 10.8 Å². The molecule has 2 aliphatic rings. The maximum atomic E-state index is 11.9. The average Bonchev–Trinajstić information content (AvgIpc) is 2.55. The number of rotatable bonds is 2. The van der Waals surface area contributed by atoms with Gasteiger partial charge < -0.3 is 14.6 Å². The van der Waals surface area contributed by atoms with Gasteiger partial charge in [-0.3, -0.25) is 9.59 Å². The van der Waals surface area contributed by atoms with Crippen molar-refractivity contribution in [3.8, 4) is 0 Å². The molecule has 17 heavy (non-hydrogen) atoms. The van der Waals surface area contributed by atoms with Crippen LogP contribution in [0.4, 0.5) is 0 Å². The van der Waals surface area contributed by atoms with Crippen LogP contribution in [0.3, 0.4) is 0 Å². The van der Waals surface area contributed by atoms with E-state index in [4.69, 9.17) is 9.47 Å². The van der Waals surface area contributed by atoms with Crippen LogP contribution in [0.15, 0.2) is 0 Å². The minimum absolute atomic E-state index is 0.407. The Morgan fingerprint density at radius 3 is 1.76 bits per heavy atom. The number of esters is 2. The van der Waals surface area contributed by atoms with E-state index in [-0.39, 0.29) is 0 Å². The Kier molecular flexibility index (Phi) is 2.89. The molecule has 0 aromatic rings. The van der Waals surface area contributed by atoms with E-state index in [0.29, 0.717) is 25.7 Å². The number of aliphatic hydroxyl groups is 1. The van der Waals surface area contributed by atoms with Crippen molar-refractivity contribution in [3.05, 3.63) is 0 Å². The predicted octanol–water partition coefficient (Wildman–Crippen LogP) is 0.644. The molecule has 2 bridgehead atoms. The van der Waals surface area contributed by atoms with E-state index < -0.39 is 28.9 Å². The highest BCUT2D eigenvalue weighted by molar-refractivity contribution is 5.84. The molecule has 2 aliphatic carbocycles. The van der Waals surface area contributed by atoms with Gasteiger partial charge in [-0.2, -0.15) is 0 Å². The van der Waals surface area contributed by atoms with Gasteiger partial charge in [0.2, 0.25) is 0 Å². The summed E-state index contributed by atoms with van der Waals surface area (Å²) < 4.78 is 9.58. The van der Waals surface area contributed by atoms with Crippen molar-refractivity contribution in [3.63, 3.8) is 0 Å². The normalized spacial score (nSPS) is 39.8. The van der Waals surface area contributed by atoms with Gasteiger partial charge in [-0.1, -0.05) is 6.42 Å². The van der Waals surface area contributed by atoms with E-state index >= 15 is 0 Å². The summed E-state index contributed by atoms with van der Waals surface area (Å²) in [5.74, 6) is -0.814. The minimum Gasteiger partial charge on any atom is -0.469 e. The van der Waals surface area contributed by atoms with E-state index in [1.807, 2.05) is 0 Å². The summed E-state index contributed by atoms with van der Waals surface area (Å²) in [7, 11) is 2.63. The third-order valence-corrected chi connectivity index (χ3v) is 4.49. The Hall–Kier alpha value is -1.10. The lowest BCUT2D eigenvalue weighted by molar-refractivity contribution is -0.176. The molecule has 2 saturated carbocycles. The van der Waals surface area contributed by atoms with Crippen LogP contribution in [-0.2, 0) is 19.1 Å². The molecule has 0 radical (unpaired) electrons. The average molecular weight is 242 g/mol. The highest BCUT2D eigenvalue weighted by Gasteiger charge is 2.66. The van der Waals surface area contributed by atoms with Crippen molar-refractivity contribution in [2.75, 3.05) is 14.2 Å². The first-order valence-electron chi connectivity index (χ1n) is 5.88. The quantitative estimate of drug-likeness (QED) is 0.719. The summed E-state index contributed by atoms with van der Waals surface area (Å²) in [6.07, 6.45) is 1.91. The Morgan fingerprint density at radius 2 is 1.41 bits per heavy atom. The van der Waals surface area contributed by atoms with Crippen molar-refractivity contribution in [2.45, 2.75) is 38.2 Å². The van der Waals surface area contributed by atoms with Gasteiger partial charge in [0.15, 0.2) is 0 Å². The van der Waals surface area contributed by atoms with Gasteiger partial charge in [-0.05, 0) is 25.7 Å². The van der Waals surface area contributed by atoms with Crippen LogP contribution < -0.4 is 0 Å². The molecule has 0 aromatic heterocycles. The molecule has 2 fully saturated rings. The smallest absolute Gasteiger partial charge is 0.314 e. The van der Waals surface area contributed by atoms with Gasteiger partial charge in [0, 0.05) is 0 Å². The molecule has 5 heteroatoms. The van der Waals surface area contributed by atoms with Gasteiger partial charge in [0.1, 0.15) is 0 Å². The van der Waals surface area contributed by atoms with Crippen molar-refractivity contribution in [1.82, 2.24) is 0 Å². The molecule has 96 valence electrons. The van der Waals surface area contributed by atoms with Gasteiger partial charge in [0.25, 0.3) is 0 Å². The van der Waals surface area contributed by atoms with E-state index in [1.54, 1.807) is 0 Å². The molecule has 0 aromatic carbocycles. The largest absolute Gasteiger partial charge is 0.469 e. The Balaban J connectivity index is 2.37. The first kappa shape index (κ1) is 12.4. The first-order chi connectivity index (χ1) is 8.03. The number of fused-ring (bicyclic) bond motifs is 2. The summed E-state index contributed by atoms with van der Waals surface area (Å²) in [6.45, 7) is 0. The second kappa shape index (κ2) is 3.98. The number of hydrogen-bond donors (Lipinski definition) is 1. The third kappa shape index (κ3) is 1.41. The molecule has 0 spiro atoms. The maximum absolute atomic E-state index is 11.9. The number of ether oxygens (including phenoxy) is 2. The number of methoxy groups -OCH3 is 2. The molecule has 2 atom stereocenters. The van der Waals surface area contributed by atoms with Crippen LogP contribution in [0.1, 0.15) is 32.1 Å². The third-order valence-electron chi connectivity index (χ3n) is 4.49. The van der Waals surface area contributed by atoms with E-state index in [1.165, 1.54) is 14.2 Å². The lowest BCUT2D eigenvalue weighted by atomic mass is 9.66. The lowest BCUT2D eigenvalue weighted by Gasteiger charge is -2.40. The molecular weight excluding hydrogens is 224 g/mol. The SMILES string of the molecule is COC(=O)C12CCCC(C(=O)OC)(CC1)C2O. The molecule has 0 heterocycles. The molecule has 0 amide bonds. The van der Waals surface area contributed by atoms with Gasteiger partial charge >= 0.3 is 11.9 Å². The van der Waals surface area contributed by atoms with Gasteiger partial charge in [0.05, 0.1) is 31.2 Å². The van der Waals surface area contributed by atoms with Gasteiger partial charge in [-0.25, -0.2) is 0 Å². The second-order valence-corrected chi connectivity index (χ2v) is 5.05. The van der Waals surface area contributed by atoms with E-state index in [0.717, 1.165) is 6.42 Å². The molecule has 0 saturated heterocycles. The summed E-state index contributed by atoms with van der Waals surface area (Å²) in [4.78, 5) is 23.8. The van der Waals surface area contributed by atoms with Gasteiger partial charge in [-0.15, -0.1) is 0 Å². The fourth-order valence-corrected chi connectivity index (χ4v) is 3.53. The predicted molar refractivity (Wildman–Crippen MR) is 58.0 cm³/mol. The standard InChI is InChI=1S/C12H18O5/c1-16-9(14)11-4-3-5-12(7-6-11,8(11)13)10(15)17-2/h8,13H,3-7H2,1-2H3. The van der Waals surface area contributed by atoms with Crippen LogP contribution in [0, 0.1) is 10.8 Å². The first-order valence-corrected chi connectivity index (χ1v) is 5.88. The molecule has 2 unspecified atom stereocenters. The fourth-order valence-electron chi connectivity index (χ4n) is 3.53. The zero-order valence-corrected chi connectivity index (χ0v) is 10.2. The van der Waals surface area contributed by atoms with Crippen LogP contribution in [-0.4, -0.2) is 37.4 Å². The number of hydrogen-bond acceptors (Lipinski definition) is 5. The summed E-state index contributed by atoms with van der Waals surface area (Å²) in [5, 5.41) is 10.4. The van der Waals surface area contributed by atoms with Crippen LogP contribution in [0.2, 0.25) is 0 Å².